The summed E-state index contributed by atoms with van der Waals surface area (Å²) in [5.74, 6) is 1.79. The standard InChI is InChI=1S/C21H11N.C11H11N3.Ir/c1-2-7-14(8-3-1)20-13-18-16-10-5-4-9-15(16)17-11-6-12-19(22-20)21(17)18;1-14(10-6-2-4-8-12-10)11-7-3-5-9-13-11;/h1-7,9-11,13H;2-9H,1H3;/q-2;;. The molecule has 0 saturated carbocycles. The van der Waals surface area contributed by atoms with Crippen molar-refractivity contribution in [3.05, 3.63) is 128 Å². The molecule has 3 aromatic heterocycles. The van der Waals surface area contributed by atoms with Crippen LogP contribution in [0.2, 0.25) is 0 Å². The van der Waals surface area contributed by atoms with Gasteiger partial charge in [0, 0.05) is 39.5 Å². The molecule has 6 aromatic rings. The molecule has 7 rings (SSSR count). The third kappa shape index (κ3) is 4.79. The maximum Gasteiger partial charge on any atom is 0.133 e. The van der Waals surface area contributed by atoms with Gasteiger partial charge >= 0.3 is 0 Å². The van der Waals surface area contributed by atoms with Gasteiger partial charge in [0.05, 0.1) is 0 Å². The third-order valence-electron chi connectivity index (χ3n) is 6.24. The van der Waals surface area contributed by atoms with E-state index < -0.39 is 0 Å². The minimum absolute atomic E-state index is 0. The molecule has 3 heterocycles. The van der Waals surface area contributed by atoms with Crippen LogP contribution in [0.4, 0.5) is 11.6 Å². The SMILES string of the molecule is CN(c1ccccn1)c1ccccn1.[Ir].[c-]1ccccc1-c1cc2c3c(cc[c-]c3n1)-c1ccccc1-2. The maximum absolute atomic E-state index is 4.80. The molecular weight excluding hydrogens is 633 g/mol. The van der Waals surface area contributed by atoms with E-state index in [2.05, 4.69) is 58.5 Å². The van der Waals surface area contributed by atoms with Crippen LogP contribution in [-0.4, -0.2) is 22.0 Å². The molecule has 3 aromatic carbocycles. The molecule has 0 fully saturated rings. The molecule has 0 spiro atoms. The first-order valence-electron chi connectivity index (χ1n) is 11.8. The maximum atomic E-state index is 4.80. The fourth-order valence-electron chi connectivity index (χ4n) is 4.51. The number of hydrogen-bond acceptors (Lipinski definition) is 4. The van der Waals surface area contributed by atoms with Crippen LogP contribution < -0.4 is 4.90 Å². The Labute approximate surface area is 230 Å². The van der Waals surface area contributed by atoms with Crippen molar-refractivity contribution in [2.24, 2.45) is 0 Å². The van der Waals surface area contributed by atoms with Crippen LogP contribution >= 0.6 is 0 Å². The molecular formula is C32H22IrN4-2. The van der Waals surface area contributed by atoms with E-state index in [1.165, 1.54) is 27.6 Å². The van der Waals surface area contributed by atoms with E-state index >= 15 is 0 Å². The summed E-state index contributed by atoms with van der Waals surface area (Å²) in [5.41, 5.74) is 7.97. The summed E-state index contributed by atoms with van der Waals surface area (Å²) in [6, 6.07) is 41.0. The van der Waals surface area contributed by atoms with Crippen LogP contribution in [-0.2, 0) is 20.1 Å². The van der Waals surface area contributed by atoms with Crippen LogP contribution in [0.3, 0.4) is 0 Å². The second-order valence-electron chi connectivity index (χ2n) is 8.43. The van der Waals surface area contributed by atoms with Crippen molar-refractivity contribution in [3.63, 3.8) is 0 Å². The van der Waals surface area contributed by atoms with Gasteiger partial charge < -0.3 is 9.88 Å². The van der Waals surface area contributed by atoms with Crippen LogP contribution in [0.15, 0.2) is 116 Å². The van der Waals surface area contributed by atoms with Gasteiger partial charge in [0.25, 0.3) is 0 Å². The predicted octanol–water partition coefficient (Wildman–Crippen LogP) is 7.39. The fourth-order valence-corrected chi connectivity index (χ4v) is 4.51. The quantitative estimate of drug-likeness (QED) is 0.187. The topological polar surface area (TPSA) is 41.9 Å². The van der Waals surface area contributed by atoms with E-state index in [9.17, 15) is 0 Å². The van der Waals surface area contributed by atoms with Gasteiger partial charge in [-0.05, 0) is 41.1 Å². The van der Waals surface area contributed by atoms with Crippen molar-refractivity contribution >= 4 is 22.5 Å². The predicted molar refractivity (Wildman–Crippen MR) is 146 cm³/mol. The number of hydrogen-bond donors (Lipinski definition) is 0. The largest absolute Gasteiger partial charge is 0.323 e. The Bertz CT molecular complexity index is 1600. The van der Waals surface area contributed by atoms with Crippen molar-refractivity contribution in [1.82, 2.24) is 15.0 Å². The molecule has 37 heavy (non-hydrogen) atoms. The number of benzene rings is 3. The number of anilines is 2. The zero-order chi connectivity index (χ0) is 24.3. The Hall–Kier alpha value is -4.18. The molecule has 5 heteroatoms. The van der Waals surface area contributed by atoms with E-state index in [1.807, 2.05) is 78.7 Å². The minimum atomic E-state index is 0. The molecule has 0 saturated heterocycles. The number of fused-ring (bicyclic) bond motifs is 3. The fraction of sp³-hybridized carbons (Fsp3) is 0.0312. The Morgan fingerprint density at radius 3 is 1.89 bits per heavy atom. The van der Waals surface area contributed by atoms with Gasteiger partial charge in [-0.15, -0.1) is 41.5 Å². The first-order valence-corrected chi connectivity index (χ1v) is 11.8. The van der Waals surface area contributed by atoms with Gasteiger partial charge in [0.2, 0.25) is 0 Å². The van der Waals surface area contributed by atoms with Crippen LogP contribution in [0.1, 0.15) is 0 Å². The molecule has 1 radical (unpaired) electrons. The first kappa shape index (κ1) is 24.5. The number of rotatable bonds is 3. The third-order valence-corrected chi connectivity index (χ3v) is 6.24. The summed E-state index contributed by atoms with van der Waals surface area (Å²) in [6.45, 7) is 0. The summed E-state index contributed by atoms with van der Waals surface area (Å²) in [7, 11) is 1.95. The molecule has 1 aliphatic rings. The molecule has 4 nitrogen and oxygen atoms in total. The van der Waals surface area contributed by atoms with Crippen molar-refractivity contribution in [2.45, 2.75) is 0 Å². The minimum Gasteiger partial charge on any atom is -0.323 e. The second kappa shape index (κ2) is 10.8. The average Bonchev–Trinajstić information content (AvgIpc) is 3.29. The van der Waals surface area contributed by atoms with Gasteiger partial charge in [-0.3, -0.25) is 0 Å². The normalized spacial score (nSPS) is 10.6. The van der Waals surface area contributed by atoms with Gasteiger partial charge in [0.15, 0.2) is 0 Å². The first-order chi connectivity index (χ1) is 17.8. The second-order valence-corrected chi connectivity index (χ2v) is 8.43. The van der Waals surface area contributed by atoms with Gasteiger partial charge in [-0.25, -0.2) is 9.97 Å². The molecule has 0 unspecified atom stereocenters. The number of aromatic nitrogens is 3. The molecule has 0 N–H and O–H groups in total. The molecule has 0 atom stereocenters. The van der Waals surface area contributed by atoms with Crippen molar-refractivity contribution in [3.8, 4) is 33.5 Å². The van der Waals surface area contributed by atoms with Gasteiger partial charge in [0.1, 0.15) is 11.6 Å². The van der Waals surface area contributed by atoms with E-state index in [1.54, 1.807) is 12.4 Å². The van der Waals surface area contributed by atoms with Crippen molar-refractivity contribution in [2.75, 3.05) is 11.9 Å². The summed E-state index contributed by atoms with van der Waals surface area (Å²) >= 11 is 0. The van der Waals surface area contributed by atoms with Crippen LogP contribution in [0.5, 0.6) is 0 Å². The Balaban J connectivity index is 0.000000163. The van der Waals surface area contributed by atoms with E-state index in [4.69, 9.17) is 4.98 Å². The van der Waals surface area contributed by atoms with E-state index in [0.29, 0.717) is 0 Å². The molecule has 1 aliphatic carbocycles. The Kier molecular flexibility index (Phi) is 7.18. The average molecular weight is 655 g/mol. The molecule has 181 valence electrons. The number of nitrogens with zero attached hydrogens (tertiary/aromatic N) is 4. The van der Waals surface area contributed by atoms with E-state index in [-0.39, 0.29) is 20.1 Å². The van der Waals surface area contributed by atoms with Crippen molar-refractivity contribution in [1.29, 1.82) is 0 Å². The van der Waals surface area contributed by atoms with Gasteiger partial charge in [-0.2, -0.15) is 18.2 Å². The summed E-state index contributed by atoms with van der Waals surface area (Å²) in [5, 5.41) is 1.21. The van der Waals surface area contributed by atoms with Crippen LogP contribution in [0, 0.1) is 12.1 Å². The molecule has 0 aliphatic heterocycles. The zero-order valence-electron chi connectivity index (χ0n) is 20.1. The summed E-state index contributed by atoms with van der Waals surface area (Å²) < 4.78 is 0. The van der Waals surface area contributed by atoms with E-state index in [0.717, 1.165) is 28.4 Å². The summed E-state index contributed by atoms with van der Waals surface area (Å²) in [6.07, 6.45) is 3.55. The number of pyridine rings is 3. The van der Waals surface area contributed by atoms with Gasteiger partial charge in [-0.1, -0.05) is 58.9 Å². The summed E-state index contributed by atoms with van der Waals surface area (Å²) in [4.78, 5) is 15.2. The smallest absolute Gasteiger partial charge is 0.133 e. The Morgan fingerprint density at radius 1 is 0.622 bits per heavy atom. The monoisotopic (exact) mass is 655 g/mol. The molecule has 0 amide bonds. The van der Waals surface area contributed by atoms with Crippen LogP contribution in [0.25, 0.3) is 44.4 Å². The van der Waals surface area contributed by atoms with Crippen molar-refractivity contribution < 1.29 is 20.1 Å². The molecule has 0 bridgehead atoms. The Morgan fingerprint density at radius 2 is 1.27 bits per heavy atom. The zero-order valence-corrected chi connectivity index (χ0v) is 22.5.